The maximum Gasteiger partial charge on any atom is 0.231 e. The van der Waals surface area contributed by atoms with Crippen molar-refractivity contribution in [3.8, 4) is 0 Å². The second-order valence-electron chi connectivity index (χ2n) is 4.16. The van der Waals surface area contributed by atoms with E-state index >= 15 is 0 Å². The first-order valence-electron chi connectivity index (χ1n) is 5.65. The van der Waals surface area contributed by atoms with Crippen LogP contribution in [0.15, 0.2) is 0 Å². The number of hydrogen-bond donors (Lipinski definition) is 3. The Bertz CT molecular complexity index is 517. The summed E-state index contributed by atoms with van der Waals surface area (Å²) < 4.78 is 24.1. The normalized spacial score (nSPS) is 11.3. The van der Waals surface area contributed by atoms with E-state index in [1.807, 2.05) is 0 Å². The lowest BCUT2D eigenvalue weighted by Gasteiger charge is -2.12. The predicted molar refractivity (Wildman–Crippen MR) is 74.5 cm³/mol. The van der Waals surface area contributed by atoms with E-state index in [1.54, 1.807) is 19.0 Å². The summed E-state index contributed by atoms with van der Waals surface area (Å²) >= 11 is 0. The predicted octanol–water partition coefficient (Wildman–Crippen LogP) is -1.13. The van der Waals surface area contributed by atoms with Crippen molar-refractivity contribution in [1.82, 2.24) is 19.7 Å². The van der Waals surface area contributed by atoms with Crippen molar-refractivity contribution in [2.24, 2.45) is 0 Å². The van der Waals surface area contributed by atoms with E-state index in [9.17, 15) is 8.42 Å². The van der Waals surface area contributed by atoms with Crippen LogP contribution in [0.2, 0.25) is 0 Å². The highest BCUT2D eigenvalue weighted by molar-refractivity contribution is 7.88. The number of nitrogens with one attached hydrogen (secondary N) is 2. The summed E-state index contributed by atoms with van der Waals surface area (Å²) in [6, 6.07) is 0. The van der Waals surface area contributed by atoms with Crippen LogP contribution in [-0.2, 0) is 10.0 Å². The van der Waals surface area contributed by atoms with Crippen molar-refractivity contribution >= 4 is 27.9 Å². The van der Waals surface area contributed by atoms with Crippen molar-refractivity contribution in [2.75, 3.05) is 49.4 Å². The van der Waals surface area contributed by atoms with E-state index in [-0.39, 0.29) is 5.95 Å². The van der Waals surface area contributed by atoms with E-state index in [4.69, 9.17) is 5.73 Å². The lowest BCUT2D eigenvalue weighted by atomic mass is 10.4. The van der Waals surface area contributed by atoms with Gasteiger partial charge in [-0.2, -0.15) is 15.0 Å². The van der Waals surface area contributed by atoms with Crippen molar-refractivity contribution in [2.45, 2.75) is 6.42 Å². The van der Waals surface area contributed by atoms with Gasteiger partial charge in [0.15, 0.2) is 0 Å². The van der Waals surface area contributed by atoms with Gasteiger partial charge in [-0.3, -0.25) is 0 Å². The third-order valence-corrected chi connectivity index (χ3v) is 2.77. The molecule has 0 saturated heterocycles. The first kappa shape index (κ1) is 15.4. The molecule has 0 atom stereocenters. The minimum Gasteiger partial charge on any atom is -0.368 e. The Morgan fingerprint density at radius 1 is 1.21 bits per heavy atom. The maximum absolute atomic E-state index is 10.8. The van der Waals surface area contributed by atoms with Gasteiger partial charge in [0.05, 0.1) is 6.26 Å². The van der Waals surface area contributed by atoms with Crippen LogP contribution < -0.4 is 20.7 Å². The number of nitrogen functional groups attached to an aromatic ring is 1. The summed E-state index contributed by atoms with van der Waals surface area (Å²) in [7, 11) is 0.461. The molecule has 0 aromatic carbocycles. The van der Waals surface area contributed by atoms with Gasteiger partial charge in [-0.1, -0.05) is 0 Å². The molecule has 108 valence electrons. The topological polar surface area (TPSA) is 126 Å². The number of aromatic nitrogens is 3. The molecular formula is C9H19N7O2S. The van der Waals surface area contributed by atoms with E-state index in [0.717, 1.165) is 6.26 Å². The molecule has 1 aromatic heterocycles. The molecule has 0 saturated carbocycles. The zero-order chi connectivity index (χ0) is 14.5. The summed E-state index contributed by atoms with van der Waals surface area (Å²) in [5.41, 5.74) is 5.56. The minimum atomic E-state index is -3.14. The van der Waals surface area contributed by atoms with E-state index in [2.05, 4.69) is 25.0 Å². The molecule has 10 heteroatoms. The molecule has 0 aliphatic carbocycles. The molecule has 0 unspecified atom stereocenters. The quantitative estimate of drug-likeness (QED) is 0.538. The zero-order valence-corrected chi connectivity index (χ0v) is 12.0. The van der Waals surface area contributed by atoms with Gasteiger partial charge in [0.1, 0.15) is 0 Å². The summed E-state index contributed by atoms with van der Waals surface area (Å²) in [4.78, 5) is 13.8. The fourth-order valence-corrected chi connectivity index (χ4v) is 1.72. The molecule has 4 N–H and O–H groups in total. The number of anilines is 3. The molecule has 1 rings (SSSR count). The molecule has 0 amide bonds. The number of sulfonamides is 1. The summed E-state index contributed by atoms with van der Waals surface area (Å²) in [5, 5.41) is 2.96. The average molecular weight is 289 g/mol. The highest BCUT2D eigenvalue weighted by Gasteiger charge is 2.05. The van der Waals surface area contributed by atoms with Crippen LogP contribution in [-0.4, -0.2) is 56.8 Å². The third-order valence-electron chi connectivity index (χ3n) is 2.04. The van der Waals surface area contributed by atoms with Gasteiger partial charge < -0.3 is 16.0 Å². The lowest BCUT2D eigenvalue weighted by Crippen LogP contribution is -2.24. The Morgan fingerprint density at radius 2 is 1.89 bits per heavy atom. The molecule has 0 aliphatic heterocycles. The van der Waals surface area contributed by atoms with Crippen molar-refractivity contribution in [3.05, 3.63) is 0 Å². The molecule has 0 bridgehead atoms. The van der Waals surface area contributed by atoms with Gasteiger partial charge in [0.25, 0.3) is 0 Å². The molecule has 1 aromatic rings. The largest absolute Gasteiger partial charge is 0.368 e. The van der Waals surface area contributed by atoms with Gasteiger partial charge >= 0.3 is 0 Å². The molecule has 19 heavy (non-hydrogen) atoms. The van der Waals surface area contributed by atoms with Crippen LogP contribution >= 0.6 is 0 Å². The van der Waals surface area contributed by atoms with Crippen LogP contribution in [0.3, 0.4) is 0 Å². The van der Waals surface area contributed by atoms with E-state index in [1.165, 1.54) is 0 Å². The van der Waals surface area contributed by atoms with E-state index in [0.29, 0.717) is 31.4 Å². The highest BCUT2D eigenvalue weighted by atomic mass is 32.2. The number of hydrogen-bond acceptors (Lipinski definition) is 8. The average Bonchev–Trinajstić information content (AvgIpc) is 2.26. The number of nitrogens with zero attached hydrogens (tertiary/aromatic N) is 4. The smallest absolute Gasteiger partial charge is 0.231 e. The zero-order valence-electron chi connectivity index (χ0n) is 11.2. The highest BCUT2D eigenvalue weighted by Crippen LogP contribution is 2.08. The van der Waals surface area contributed by atoms with E-state index < -0.39 is 10.0 Å². The summed E-state index contributed by atoms with van der Waals surface area (Å²) in [6.45, 7) is 0.881. The van der Waals surface area contributed by atoms with Crippen molar-refractivity contribution in [1.29, 1.82) is 0 Å². The first-order chi connectivity index (χ1) is 8.78. The second kappa shape index (κ2) is 6.48. The molecule has 0 aliphatic rings. The van der Waals surface area contributed by atoms with Crippen LogP contribution in [0.1, 0.15) is 6.42 Å². The van der Waals surface area contributed by atoms with Gasteiger partial charge in [-0.25, -0.2) is 13.1 Å². The molecule has 0 fully saturated rings. The van der Waals surface area contributed by atoms with Gasteiger partial charge in [0, 0.05) is 27.2 Å². The van der Waals surface area contributed by atoms with Crippen LogP contribution in [0.25, 0.3) is 0 Å². The van der Waals surface area contributed by atoms with Crippen molar-refractivity contribution < 1.29 is 8.42 Å². The number of rotatable bonds is 7. The monoisotopic (exact) mass is 289 g/mol. The molecule has 0 radical (unpaired) electrons. The molecule has 1 heterocycles. The number of nitrogens with two attached hydrogens (primary N) is 1. The lowest BCUT2D eigenvalue weighted by molar-refractivity contribution is 0.586. The summed E-state index contributed by atoms with van der Waals surface area (Å²) in [6.07, 6.45) is 1.73. The first-order valence-corrected chi connectivity index (χ1v) is 7.54. The Morgan fingerprint density at radius 3 is 2.47 bits per heavy atom. The maximum atomic E-state index is 10.8. The summed E-state index contributed by atoms with van der Waals surface area (Å²) in [5.74, 6) is 0.968. The molecule has 9 nitrogen and oxygen atoms in total. The minimum absolute atomic E-state index is 0.135. The fourth-order valence-electron chi connectivity index (χ4n) is 1.21. The Kier molecular flexibility index (Phi) is 5.24. The van der Waals surface area contributed by atoms with Gasteiger partial charge in [-0.15, -0.1) is 0 Å². The Hall–Kier alpha value is -1.68. The van der Waals surface area contributed by atoms with Gasteiger partial charge in [0.2, 0.25) is 27.9 Å². The molecular weight excluding hydrogens is 270 g/mol. The SMILES string of the molecule is CN(C)c1nc(N)nc(NCCCNS(C)(=O)=O)n1. The standard InChI is InChI=1S/C9H19N7O2S/c1-16(2)9-14-7(10)13-8(15-9)11-5-4-6-12-19(3,17)18/h12H,4-6H2,1-3H3,(H3,10,11,13,14,15). The van der Waals surface area contributed by atoms with Crippen LogP contribution in [0.5, 0.6) is 0 Å². The van der Waals surface area contributed by atoms with Gasteiger partial charge in [-0.05, 0) is 6.42 Å². The Labute approximate surface area is 112 Å². The van der Waals surface area contributed by atoms with Crippen LogP contribution in [0.4, 0.5) is 17.8 Å². The Balaban J connectivity index is 2.45. The molecule has 0 spiro atoms. The third kappa shape index (κ3) is 6.15. The van der Waals surface area contributed by atoms with Crippen LogP contribution in [0, 0.1) is 0 Å². The van der Waals surface area contributed by atoms with Crippen molar-refractivity contribution in [3.63, 3.8) is 0 Å². The second-order valence-corrected chi connectivity index (χ2v) is 5.99. The fraction of sp³-hybridized carbons (Fsp3) is 0.667.